The molecule has 1 aromatic carbocycles. The van der Waals surface area contributed by atoms with Gasteiger partial charge in [-0.3, -0.25) is 0 Å². The fourth-order valence-electron chi connectivity index (χ4n) is 3.19. The van der Waals surface area contributed by atoms with Crippen LogP contribution < -0.4 is 5.73 Å². The van der Waals surface area contributed by atoms with Gasteiger partial charge in [-0.1, -0.05) is 25.3 Å². The molecule has 124 valence electrons. The summed E-state index contributed by atoms with van der Waals surface area (Å²) in [7, 11) is -3.54. The molecule has 0 amide bonds. The molecule has 0 aliphatic heterocycles. The van der Waals surface area contributed by atoms with Gasteiger partial charge in [0.05, 0.1) is 16.8 Å². The lowest BCUT2D eigenvalue weighted by molar-refractivity contribution is 0.163. The normalized spacial score (nSPS) is 18.3. The highest BCUT2D eigenvalue weighted by molar-refractivity contribution is 7.91. The third-order valence-electron chi connectivity index (χ3n) is 4.33. The van der Waals surface area contributed by atoms with E-state index >= 15 is 0 Å². The van der Waals surface area contributed by atoms with Crippen LogP contribution in [0.15, 0.2) is 23.1 Å². The summed E-state index contributed by atoms with van der Waals surface area (Å²) < 4.78 is 25.5. The highest BCUT2D eigenvalue weighted by Crippen LogP contribution is 2.35. The molecule has 1 aliphatic carbocycles. The summed E-state index contributed by atoms with van der Waals surface area (Å²) in [5, 5.41) is 20.1. The van der Waals surface area contributed by atoms with Gasteiger partial charge in [0.25, 0.3) is 0 Å². The molecule has 4 N–H and O–H groups in total. The van der Waals surface area contributed by atoms with Gasteiger partial charge in [0.2, 0.25) is 0 Å². The van der Waals surface area contributed by atoms with Gasteiger partial charge in [-0.25, -0.2) is 8.42 Å². The average Bonchev–Trinajstić information content (AvgIpc) is 2.47. The van der Waals surface area contributed by atoms with Gasteiger partial charge in [0, 0.05) is 5.56 Å². The van der Waals surface area contributed by atoms with Gasteiger partial charge in [-0.05, 0) is 43.9 Å². The lowest BCUT2D eigenvalue weighted by atomic mass is 9.91. The topological polar surface area (TPSA) is 101 Å². The third kappa shape index (κ3) is 4.00. The Hall–Kier alpha value is -1.11. The zero-order valence-corrected chi connectivity index (χ0v) is 13.6. The highest BCUT2D eigenvalue weighted by Gasteiger charge is 2.28. The molecule has 1 atom stereocenters. The van der Waals surface area contributed by atoms with E-state index in [1.807, 2.05) is 0 Å². The minimum atomic E-state index is -3.54. The van der Waals surface area contributed by atoms with Crippen molar-refractivity contribution in [2.45, 2.75) is 49.5 Å². The Kier molecular flexibility index (Phi) is 5.83. The summed E-state index contributed by atoms with van der Waals surface area (Å²) in [5.41, 5.74) is 5.52. The monoisotopic (exact) mass is 327 g/mol. The van der Waals surface area contributed by atoms with E-state index in [9.17, 15) is 18.6 Å². The molecule has 0 aromatic heterocycles. The van der Waals surface area contributed by atoms with Crippen molar-refractivity contribution in [2.75, 3.05) is 12.3 Å². The SMILES string of the molecule is NCCC(O)c1c(O)cccc1S(=O)(=O)CC1CCCCC1. The van der Waals surface area contributed by atoms with Gasteiger partial charge in [-0.15, -0.1) is 0 Å². The van der Waals surface area contributed by atoms with Crippen LogP contribution in [0.4, 0.5) is 0 Å². The van der Waals surface area contributed by atoms with E-state index in [0.29, 0.717) is 0 Å². The quantitative estimate of drug-likeness (QED) is 0.743. The van der Waals surface area contributed by atoms with Crippen LogP contribution in [0.2, 0.25) is 0 Å². The number of benzene rings is 1. The lowest BCUT2D eigenvalue weighted by Crippen LogP contribution is -2.21. The van der Waals surface area contributed by atoms with Crippen molar-refractivity contribution in [1.29, 1.82) is 0 Å². The van der Waals surface area contributed by atoms with Crippen LogP contribution in [-0.2, 0) is 9.84 Å². The van der Waals surface area contributed by atoms with E-state index in [1.54, 1.807) is 0 Å². The zero-order chi connectivity index (χ0) is 16.2. The summed E-state index contributed by atoms with van der Waals surface area (Å²) in [6.45, 7) is 0.220. The predicted octanol–water partition coefficient (Wildman–Crippen LogP) is 2.13. The maximum atomic E-state index is 12.7. The van der Waals surface area contributed by atoms with Crippen molar-refractivity contribution in [3.8, 4) is 5.75 Å². The number of rotatable bonds is 6. The van der Waals surface area contributed by atoms with E-state index in [0.717, 1.165) is 25.7 Å². The van der Waals surface area contributed by atoms with Crippen molar-refractivity contribution < 1.29 is 18.6 Å². The van der Waals surface area contributed by atoms with E-state index in [2.05, 4.69) is 0 Å². The lowest BCUT2D eigenvalue weighted by Gasteiger charge is -2.23. The molecule has 0 spiro atoms. The van der Waals surface area contributed by atoms with E-state index in [1.165, 1.54) is 24.6 Å². The second-order valence-corrected chi connectivity index (χ2v) is 8.07. The Morgan fingerprint density at radius 2 is 1.91 bits per heavy atom. The van der Waals surface area contributed by atoms with Gasteiger partial charge in [0.1, 0.15) is 5.75 Å². The maximum Gasteiger partial charge on any atom is 0.179 e. The molecule has 0 radical (unpaired) electrons. The molecular weight excluding hydrogens is 302 g/mol. The number of hydrogen-bond acceptors (Lipinski definition) is 5. The average molecular weight is 327 g/mol. The first-order chi connectivity index (χ1) is 10.5. The van der Waals surface area contributed by atoms with Gasteiger partial charge in [0.15, 0.2) is 9.84 Å². The first-order valence-electron chi connectivity index (χ1n) is 7.88. The largest absolute Gasteiger partial charge is 0.508 e. The van der Waals surface area contributed by atoms with Crippen LogP contribution in [0.1, 0.15) is 50.2 Å². The predicted molar refractivity (Wildman–Crippen MR) is 85.4 cm³/mol. The molecule has 0 heterocycles. The summed E-state index contributed by atoms with van der Waals surface area (Å²) in [6, 6.07) is 4.36. The molecule has 5 nitrogen and oxygen atoms in total. The van der Waals surface area contributed by atoms with Crippen LogP contribution in [0, 0.1) is 5.92 Å². The van der Waals surface area contributed by atoms with Crippen molar-refractivity contribution in [3.05, 3.63) is 23.8 Å². The second-order valence-electron chi connectivity index (χ2n) is 6.07. The van der Waals surface area contributed by atoms with Crippen LogP contribution in [-0.4, -0.2) is 30.9 Å². The van der Waals surface area contributed by atoms with E-state index in [-0.39, 0.29) is 40.8 Å². The zero-order valence-electron chi connectivity index (χ0n) is 12.7. The van der Waals surface area contributed by atoms with Crippen molar-refractivity contribution in [3.63, 3.8) is 0 Å². The second kappa shape index (κ2) is 7.44. The summed E-state index contributed by atoms with van der Waals surface area (Å²) in [5.74, 6) is 0.0602. The van der Waals surface area contributed by atoms with Crippen LogP contribution in [0.3, 0.4) is 0 Å². The van der Waals surface area contributed by atoms with Crippen LogP contribution in [0.5, 0.6) is 5.75 Å². The number of sulfone groups is 1. The number of aromatic hydroxyl groups is 1. The number of aliphatic hydroxyl groups is 1. The number of nitrogens with two attached hydrogens (primary N) is 1. The molecule has 1 unspecified atom stereocenters. The minimum Gasteiger partial charge on any atom is -0.508 e. The molecule has 1 aliphatic rings. The van der Waals surface area contributed by atoms with Crippen molar-refractivity contribution in [1.82, 2.24) is 0 Å². The molecule has 1 saturated carbocycles. The number of phenols is 1. The molecule has 1 aromatic rings. The Balaban J connectivity index is 2.31. The van der Waals surface area contributed by atoms with Gasteiger partial charge in [-0.2, -0.15) is 0 Å². The molecule has 22 heavy (non-hydrogen) atoms. The highest BCUT2D eigenvalue weighted by atomic mass is 32.2. The Labute approximate surface area is 132 Å². The first-order valence-corrected chi connectivity index (χ1v) is 9.53. The van der Waals surface area contributed by atoms with Crippen molar-refractivity contribution in [2.24, 2.45) is 11.7 Å². The Morgan fingerprint density at radius 1 is 1.23 bits per heavy atom. The Morgan fingerprint density at radius 3 is 2.55 bits per heavy atom. The molecule has 6 heteroatoms. The van der Waals surface area contributed by atoms with Crippen molar-refractivity contribution >= 4 is 9.84 Å². The number of aliphatic hydroxyl groups excluding tert-OH is 1. The number of phenolic OH excluding ortho intramolecular Hbond substituents is 1. The Bertz CT molecular complexity index is 594. The fraction of sp³-hybridized carbons (Fsp3) is 0.625. The van der Waals surface area contributed by atoms with Crippen LogP contribution >= 0.6 is 0 Å². The summed E-state index contributed by atoms with van der Waals surface area (Å²) in [4.78, 5) is 0.0408. The van der Waals surface area contributed by atoms with Crippen LogP contribution in [0.25, 0.3) is 0 Å². The van der Waals surface area contributed by atoms with E-state index < -0.39 is 15.9 Å². The smallest absolute Gasteiger partial charge is 0.179 e. The maximum absolute atomic E-state index is 12.7. The number of hydrogen-bond donors (Lipinski definition) is 3. The molecule has 0 bridgehead atoms. The van der Waals surface area contributed by atoms with Gasteiger partial charge >= 0.3 is 0 Å². The summed E-state index contributed by atoms with van der Waals surface area (Å²) in [6.07, 6.45) is 4.32. The van der Waals surface area contributed by atoms with E-state index in [4.69, 9.17) is 5.73 Å². The standard InChI is InChI=1S/C16H25NO4S/c17-10-9-14(19)16-13(18)7-4-8-15(16)22(20,21)11-12-5-2-1-3-6-12/h4,7-8,12,14,18-19H,1-3,5-6,9-11,17H2. The minimum absolute atomic E-state index is 0.0408. The molecule has 0 saturated heterocycles. The summed E-state index contributed by atoms with van der Waals surface area (Å²) >= 11 is 0. The molecular formula is C16H25NO4S. The molecule has 1 fully saturated rings. The fourth-order valence-corrected chi connectivity index (χ4v) is 5.19. The van der Waals surface area contributed by atoms with Gasteiger partial charge < -0.3 is 15.9 Å². The third-order valence-corrected chi connectivity index (χ3v) is 6.27. The first kappa shape index (κ1) is 17.2. The molecule has 2 rings (SSSR count).